The molecule has 1 amide bonds. The zero-order valence-electron chi connectivity index (χ0n) is 22.2. The van der Waals surface area contributed by atoms with Gasteiger partial charge < -0.3 is 19.9 Å². The van der Waals surface area contributed by atoms with E-state index in [0.717, 1.165) is 29.2 Å². The van der Waals surface area contributed by atoms with Crippen molar-refractivity contribution in [2.75, 3.05) is 12.4 Å². The Hall–Kier alpha value is -3.42. The van der Waals surface area contributed by atoms with Gasteiger partial charge in [-0.2, -0.15) is 9.85 Å². The van der Waals surface area contributed by atoms with Crippen LogP contribution in [0.1, 0.15) is 17.8 Å². The van der Waals surface area contributed by atoms with Crippen LogP contribution in [0.25, 0.3) is 11.3 Å². The number of aliphatic carboxylic acids is 1. The van der Waals surface area contributed by atoms with E-state index in [1.807, 2.05) is 41.5 Å². The van der Waals surface area contributed by atoms with Crippen LogP contribution in [0.3, 0.4) is 0 Å². The van der Waals surface area contributed by atoms with Crippen LogP contribution in [0.5, 0.6) is 0 Å². The minimum atomic E-state index is -1.23. The first-order chi connectivity index (χ1) is 20.4. The number of thiazole rings is 1. The van der Waals surface area contributed by atoms with Gasteiger partial charge in [-0.15, -0.1) is 23.1 Å². The summed E-state index contributed by atoms with van der Waals surface area (Å²) in [4.78, 5) is 42.0. The van der Waals surface area contributed by atoms with Gasteiger partial charge in [0.25, 0.3) is 0 Å². The Bertz CT molecular complexity index is 1540. The maximum atomic E-state index is 13.5. The van der Waals surface area contributed by atoms with Crippen molar-refractivity contribution in [2.45, 2.75) is 29.3 Å². The molecule has 1 unspecified atom stereocenters. The number of nitrogens with one attached hydrogen (secondary N) is 2. The van der Waals surface area contributed by atoms with Crippen molar-refractivity contribution >= 4 is 70.4 Å². The monoisotopic (exact) mass is 649 g/mol. The van der Waals surface area contributed by atoms with Crippen molar-refractivity contribution in [1.29, 1.82) is 5.41 Å². The second-order valence-corrected chi connectivity index (χ2v) is 12.9. The van der Waals surface area contributed by atoms with E-state index in [4.69, 9.17) is 15.0 Å². The molecular formula is C24H25N8O6S4+. The molecule has 4 N–H and O–H groups in total. The van der Waals surface area contributed by atoms with Gasteiger partial charge in [0, 0.05) is 33.7 Å². The first-order valence-corrected chi connectivity index (χ1v) is 15.9. The summed E-state index contributed by atoms with van der Waals surface area (Å²) in [5.41, 5.74) is 3.85. The van der Waals surface area contributed by atoms with Crippen molar-refractivity contribution in [3.8, 4) is 11.3 Å². The fourth-order valence-electron chi connectivity index (χ4n) is 4.30. The number of hydrogen-bond donors (Lipinski definition) is 4. The summed E-state index contributed by atoms with van der Waals surface area (Å²) in [6.07, 6.45) is 4.63. The number of carboxylic acids is 1. The van der Waals surface area contributed by atoms with E-state index in [0.29, 0.717) is 20.0 Å². The van der Waals surface area contributed by atoms with Crippen LogP contribution in [0.15, 0.2) is 50.0 Å². The third-order valence-electron chi connectivity index (χ3n) is 6.22. The number of thioether (sulfide) groups is 2. The first-order valence-electron chi connectivity index (χ1n) is 12.4. The molecular weight excluding hydrogens is 625 g/mol. The Morgan fingerprint density at radius 2 is 2.19 bits per heavy atom. The van der Waals surface area contributed by atoms with Gasteiger partial charge in [0.1, 0.15) is 31.7 Å². The normalized spacial score (nSPS) is 19.3. The Labute approximate surface area is 256 Å². The number of carbonyl (C=O) groups is 2. The van der Waals surface area contributed by atoms with E-state index in [1.54, 1.807) is 6.92 Å². The Kier molecular flexibility index (Phi) is 9.49. The number of ether oxygens (including phenoxy) is 1. The lowest BCUT2D eigenvalue weighted by Crippen LogP contribution is -2.68. The number of oxime groups is 1. The predicted octanol–water partition coefficient (Wildman–Crippen LogP) is 2.32. The number of β-lactam (4-membered cyclic amide) rings is 1. The molecule has 0 radical (unpaired) electrons. The summed E-state index contributed by atoms with van der Waals surface area (Å²) < 4.78 is 11.8. The molecule has 2 aliphatic heterocycles. The smallest absolute Gasteiger partial charge is 0.353 e. The Balaban J connectivity index is 1.39. The molecule has 1 saturated heterocycles. The van der Waals surface area contributed by atoms with E-state index in [-0.39, 0.29) is 30.4 Å². The third kappa shape index (κ3) is 6.04. The topological polar surface area (TPSA) is 187 Å². The molecule has 0 spiro atoms. The quantitative estimate of drug-likeness (QED) is 0.0697. The largest absolute Gasteiger partial charge is 0.477 e. The highest BCUT2D eigenvalue weighted by molar-refractivity contribution is 8.07. The number of pyridine rings is 1. The maximum Gasteiger partial charge on any atom is 0.353 e. The van der Waals surface area contributed by atoms with Crippen molar-refractivity contribution in [2.24, 2.45) is 18.1 Å². The van der Waals surface area contributed by atoms with Crippen LogP contribution in [0.4, 0.5) is 0 Å². The number of fused-ring (bicyclic) bond motifs is 1. The van der Waals surface area contributed by atoms with Crippen LogP contribution in [0.2, 0.25) is 0 Å². The Morgan fingerprint density at radius 1 is 1.40 bits per heavy atom. The Morgan fingerprint density at radius 3 is 2.88 bits per heavy atom. The molecule has 0 saturated carbocycles. The maximum absolute atomic E-state index is 13.5. The van der Waals surface area contributed by atoms with Crippen molar-refractivity contribution < 1.29 is 34.0 Å². The SMILES string of the molecule is CCO/N=C(/c1nsc(COC=N)n1)C(NO)[C@@H]1C(=O)N2C(C(=O)O)=C(Sc3nc(-c4cc[n+](C)cc4)cs3)CS[C@H]12. The zero-order valence-corrected chi connectivity index (χ0v) is 25.4. The summed E-state index contributed by atoms with van der Waals surface area (Å²) in [5.74, 6) is -2.17. The van der Waals surface area contributed by atoms with Crippen LogP contribution >= 0.6 is 46.4 Å². The fourth-order valence-corrected chi connectivity index (χ4v) is 8.44. The van der Waals surface area contributed by atoms with E-state index < -0.39 is 29.2 Å². The molecule has 42 heavy (non-hydrogen) atoms. The minimum absolute atomic E-state index is 0.0206. The molecule has 2 aliphatic rings. The predicted molar refractivity (Wildman–Crippen MR) is 156 cm³/mol. The standard InChI is InChI=1S/C24H24N8O6S4/c1-3-38-29-18(20-27-15(42-30-20)8-37-11-25)17(28-36)16-21(33)32-19(23(34)35)14(10-39-22(16)32)41-24-26-13(9-40-24)12-4-6-31(2)7-5-12/h4-7,9,11,16-17,22,25,28,36H,3,8,10H2,1-2H3/p+1/b25-11?,29-18+/t16-,17?,22-/m1/s1. The second-order valence-electron chi connectivity index (χ2n) is 8.81. The molecule has 0 bridgehead atoms. The summed E-state index contributed by atoms with van der Waals surface area (Å²) >= 11 is 5.03. The third-order valence-corrected chi connectivity index (χ3v) is 10.4. The number of rotatable bonds is 13. The summed E-state index contributed by atoms with van der Waals surface area (Å²) in [5, 5.41) is 33.2. The molecule has 5 heterocycles. The van der Waals surface area contributed by atoms with Gasteiger partial charge in [0.15, 0.2) is 34.0 Å². The number of carboxylic acid groups (broad SMARTS) is 1. The summed E-state index contributed by atoms with van der Waals surface area (Å²) in [6, 6.07) is 2.82. The first kappa shape index (κ1) is 30.1. The number of carbonyl (C=O) groups excluding carboxylic acids is 1. The van der Waals surface area contributed by atoms with Gasteiger partial charge >= 0.3 is 5.97 Å². The van der Waals surface area contributed by atoms with Crippen LogP contribution < -0.4 is 10.0 Å². The zero-order chi connectivity index (χ0) is 29.8. The van der Waals surface area contributed by atoms with Crippen LogP contribution in [0, 0.1) is 11.3 Å². The van der Waals surface area contributed by atoms with Crippen molar-refractivity contribution in [3.05, 3.63) is 51.3 Å². The van der Waals surface area contributed by atoms with Gasteiger partial charge in [-0.25, -0.2) is 19.3 Å². The molecule has 3 aromatic rings. The van der Waals surface area contributed by atoms with Crippen molar-refractivity contribution in [3.63, 3.8) is 0 Å². The highest BCUT2D eigenvalue weighted by atomic mass is 32.2. The molecule has 3 aromatic heterocycles. The molecule has 18 heteroatoms. The number of aromatic nitrogens is 4. The van der Waals surface area contributed by atoms with E-state index >= 15 is 0 Å². The number of hydroxylamine groups is 1. The summed E-state index contributed by atoms with van der Waals surface area (Å²) in [6.45, 7) is 1.96. The van der Waals surface area contributed by atoms with E-state index in [1.165, 1.54) is 39.8 Å². The summed E-state index contributed by atoms with van der Waals surface area (Å²) in [7, 11) is 1.93. The molecule has 0 aliphatic carbocycles. The average molecular weight is 650 g/mol. The molecule has 5 rings (SSSR count). The minimum Gasteiger partial charge on any atom is -0.477 e. The highest BCUT2D eigenvalue weighted by Crippen LogP contribution is 2.49. The molecule has 14 nitrogen and oxygen atoms in total. The van der Waals surface area contributed by atoms with Gasteiger partial charge in [0.05, 0.1) is 23.0 Å². The molecule has 1 fully saturated rings. The fraction of sp³-hybridized carbons (Fsp3) is 0.333. The highest BCUT2D eigenvalue weighted by Gasteiger charge is 2.58. The number of nitrogens with zero attached hydrogens (tertiary/aromatic N) is 6. The van der Waals surface area contributed by atoms with E-state index in [9.17, 15) is 19.9 Å². The molecule has 3 atom stereocenters. The molecule has 220 valence electrons. The molecule has 0 aromatic carbocycles. The number of hydrogen-bond acceptors (Lipinski definition) is 15. The number of aryl methyl sites for hydroxylation is 1. The van der Waals surface area contributed by atoms with E-state index in [2.05, 4.69) is 25.0 Å². The van der Waals surface area contributed by atoms with Crippen molar-refractivity contribution in [1.82, 2.24) is 24.7 Å². The number of amides is 1. The van der Waals surface area contributed by atoms with Gasteiger partial charge in [-0.3, -0.25) is 15.1 Å². The lowest BCUT2D eigenvalue weighted by atomic mass is 9.86. The van der Waals surface area contributed by atoms with Gasteiger partial charge in [-0.05, 0) is 18.5 Å². The lowest BCUT2D eigenvalue weighted by Gasteiger charge is -2.51. The van der Waals surface area contributed by atoms with Gasteiger partial charge in [-0.1, -0.05) is 16.9 Å². The van der Waals surface area contributed by atoms with Crippen LogP contribution in [-0.4, -0.2) is 77.3 Å². The second kappa shape index (κ2) is 13.3. The van der Waals surface area contributed by atoms with Crippen LogP contribution in [-0.2, 0) is 32.8 Å². The van der Waals surface area contributed by atoms with Gasteiger partial charge in [0.2, 0.25) is 5.91 Å². The lowest BCUT2D eigenvalue weighted by molar-refractivity contribution is -0.671. The average Bonchev–Trinajstić information content (AvgIpc) is 3.65.